The Morgan fingerprint density at radius 2 is 2.36 bits per heavy atom. The van der Waals surface area contributed by atoms with E-state index >= 15 is 0 Å². The van der Waals surface area contributed by atoms with Gasteiger partial charge in [-0.1, -0.05) is 30.4 Å². The predicted octanol–water partition coefficient (Wildman–Crippen LogP) is 2.64. The Morgan fingerprint density at radius 3 is 3.00 bits per heavy atom. The standard InChI is InChI=1S/C10H11N/c1-11-9-5-8-10-6-3-2-4-7-10/h2-6,8-9H,1,7H2/b9-5-,10-8?. The molecular formula is C10H11N. The van der Waals surface area contributed by atoms with E-state index in [1.165, 1.54) is 5.57 Å². The number of rotatable bonds is 2. The van der Waals surface area contributed by atoms with Crippen molar-refractivity contribution in [2.24, 2.45) is 4.99 Å². The zero-order chi connectivity index (χ0) is 7.94. The molecule has 0 saturated carbocycles. The van der Waals surface area contributed by atoms with Crippen LogP contribution in [0.4, 0.5) is 0 Å². The molecule has 0 fully saturated rings. The first-order valence-electron chi connectivity index (χ1n) is 3.58. The summed E-state index contributed by atoms with van der Waals surface area (Å²) in [6, 6.07) is 0. The van der Waals surface area contributed by atoms with E-state index in [-0.39, 0.29) is 0 Å². The van der Waals surface area contributed by atoms with Crippen molar-refractivity contribution < 1.29 is 0 Å². The lowest BCUT2D eigenvalue weighted by Gasteiger charge is -1.98. The summed E-state index contributed by atoms with van der Waals surface area (Å²) in [6.45, 7) is 3.35. The lowest BCUT2D eigenvalue weighted by molar-refractivity contribution is 1.26. The molecule has 0 spiro atoms. The fourth-order valence-corrected chi connectivity index (χ4v) is 0.881. The molecule has 0 bridgehead atoms. The molecular weight excluding hydrogens is 134 g/mol. The Bertz CT molecular complexity index is 242. The molecule has 0 amide bonds. The van der Waals surface area contributed by atoms with Gasteiger partial charge in [-0.2, -0.15) is 0 Å². The molecule has 1 nitrogen and oxygen atoms in total. The molecule has 0 radical (unpaired) electrons. The summed E-state index contributed by atoms with van der Waals surface area (Å²) in [5.41, 5.74) is 1.30. The van der Waals surface area contributed by atoms with Crippen LogP contribution in [0.2, 0.25) is 0 Å². The highest BCUT2D eigenvalue weighted by molar-refractivity contribution is 5.32. The lowest BCUT2D eigenvalue weighted by Crippen LogP contribution is -1.78. The van der Waals surface area contributed by atoms with E-state index in [4.69, 9.17) is 0 Å². The van der Waals surface area contributed by atoms with Crippen LogP contribution in [-0.2, 0) is 0 Å². The molecule has 1 rings (SSSR count). The van der Waals surface area contributed by atoms with E-state index in [1.807, 2.05) is 24.3 Å². The molecule has 0 aromatic rings. The Balaban J connectivity index is 2.53. The van der Waals surface area contributed by atoms with Crippen molar-refractivity contribution in [2.75, 3.05) is 0 Å². The van der Waals surface area contributed by atoms with Gasteiger partial charge in [-0.05, 0) is 24.8 Å². The van der Waals surface area contributed by atoms with Crippen LogP contribution in [0.25, 0.3) is 0 Å². The molecule has 0 aromatic heterocycles. The second-order valence-corrected chi connectivity index (χ2v) is 2.26. The number of allylic oxidation sites excluding steroid dienone is 7. The van der Waals surface area contributed by atoms with Crippen molar-refractivity contribution >= 4 is 6.72 Å². The van der Waals surface area contributed by atoms with E-state index in [0.29, 0.717) is 0 Å². The molecule has 1 aliphatic rings. The highest BCUT2D eigenvalue weighted by Crippen LogP contribution is 2.09. The summed E-state index contributed by atoms with van der Waals surface area (Å²) >= 11 is 0. The minimum Gasteiger partial charge on any atom is -0.273 e. The summed E-state index contributed by atoms with van der Waals surface area (Å²) < 4.78 is 0. The van der Waals surface area contributed by atoms with Crippen LogP contribution in [-0.4, -0.2) is 6.72 Å². The number of hydrogen-bond acceptors (Lipinski definition) is 1. The minimum atomic E-state index is 1.01. The van der Waals surface area contributed by atoms with Gasteiger partial charge in [0.15, 0.2) is 0 Å². The summed E-state index contributed by atoms with van der Waals surface area (Å²) in [5.74, 6) is 0. The van der Waals surface area contributed by atoms with E-state index in [9.17, 15) is 0 Å². The van der Waals surface area contributed by atoms with Crippen LogP contribution in [0, 0.1) is 0 Å². The fraction of sp³-hybridized carbons (Fsp3) is 0.100. The Kier molecular flexibility index (Phi) is 3.13. The van der Waals surface area contributed by atoms with Crippen LogP contribution >= 0.6 is 0 Å². The zero-order valence-corrected chi connectivity index (χ0v) is 6.40. The van der Waals surface area contributed by atoms with Crippen LogP contribution in [0.15, 0.2) is 53.2 Å². The molecule has 56 valence electrons. The summed E-state index contributed by atoms with van der Waals surface area (Å²) in [5, 5.41) is 0. The second kappa shape index (κ2) is 4.45. The lowest BCUT2D eigenvalue weighted by atomic mass is 10.1. The largest absolute Gasteiger partial charge is 0.273 e. The molecule has 0 atom stereocenters. The van der Waals surface area contributed by atoms with Gasteiger partial charge in [0.25, 0.3) is 0 Å². The maximum absolute atomic E-state index is 3.60. The van der Waals surface area contributed by atoms with E-state index < -0.39 is 0 Å². The third-order valence-electron chi connectivity index (χ3n) is 1.41. The van der Waals surface area contributed by atoms with Crippen LogP contribution in [0.5, 0.6) is 0 Å². The first-order valence-corrected chi connectivity index (χ1v) is 3.58. The van der Waals surface area contributed by atoms with Crippen LogP contribution in [0.1, 0.15) is 6.42 Å². The molecule has 1 heteroatoms. The molecule has 0 aliphatic heterocycles. The molecule has 1 aliphatic carbocycles. The molecule has 0 heterocycles. The van der Waals surface area contributed by atoms with Gasteiger partial charge in [-0.15, -0.1) is 0 Å². The maximum Gasteiger partial charge on any atom is 0.0260 e. The summed E-state index contributed by atoms with van der Waals surface area (Å²) in [7, 11) is 0. The van der Waals surface area contributed by atoms with Gasteiger partial charge in [0.05, 0.1) is 0 Å². The Hall–Kier alpha value is -1.37. The highest BCUT2D eigenvalue weighted by atomic mass is 14.6. The Morgan fingerprint density at radius 1 is 1.45 bits per heavy atom. The van der Waals surface area contributed by atoms with E-state index in [0.717, 1.165) is 6.42 Å². The average Bonchev–Trinajstić information content (AvgIpc) is 2.07. The van der Waals surface area contributed by atoms with Gasteiger partial charge in [0.1, 0.15) is 0 Å². The monoisotopic (exact) mass is 145 g/mol. The zero-order valence-electron chi connectivity index (χ0n) is 6.40. The second-order valence-electron chi connectivity index (χ2n) is 2.26. The number of nitrogens with zero attached hydrogens (tertiary/aromatic N) is 1. The van der Waals surface area contributed by atoms with Gasteiger partial charge in [0.2, 0.25) is 0 Å². The van der Waals surface area contributed by atoms with Gasteiger partial charge < -0.3 is 0 Å². The summed E-state index contributed by atoms with van der Waals surface area (Å²) in [4.78, 5) is 3.60. The van der Waals surface area contributed by atoms with Crippen molar-refractivity contribution in [1.82, 2.24) is 0 Å². The first-order chi connectivity index (χ1) is 5.43. The van der Waals surface area contributed by atoms with E-state index in [1.54, 1.807) is 6.20 Å². The normalized spacial score (nSPS) is 19.8. The van der Waals surface area contributed by atoms with Crippen LogP contribution < -0.4 is 0 Å². The van der Waals surface area contributed by atoms with E-state index in [2.05, 4.69) is 23.9 Å². The average molecular weight is 145 g/mol. The van der Waals surface area contributed by atoms with Crippen molar-refractivity contribution in [3.05, 3.63) is 48.2 Å². The number of hydrogen-bond donors (Lipinski definition) is 0. The summed E-state index contributed by atoms with van der Waals surface area (Å²) in [6.07, 6.45) is 14.9. The van der Waals surface area contributed by atoms with Crippen LogP contribution in [0.3, 0.4) is 0 Å². The molecule has 0 N–H and O–H groups in total. The maximum atomic E-state index is 3.60. The molecule has 0 unspecified atom stereocenters. The van der Waals surface area contributed by atoms with Gasteiger partial charge in [0, 0.05) is 6.20 Å². The number of aliphatic imine (C=N–C) groups is 1. The molecule has 11 heavy (non-hydrogen) atoms. The fourth-order valence-electron chi connectivity index (χ4n) is 0.881. The third kappa shape index (κ3) is 2.80. The third-order valence-corrected chi connectivity index (χ3v) is 1.41. The minimum absolute atomic E-state index is 1.01. The predicted molar refractivity (Wildman–Crippen MR) is 49.7 cm³/mol. The highest BCUT2D eigenvalue weighted by Gasteiger charge is 1.89. The molecule has 0 aromatic carbocycles. The smallest absolute Gasteiger partial charge is 0.0260 e. The van der Waals surface area contributed by atoms with Gasteiger partial charge >= 0.3 is 0 Å². The molecule has 0 saturated heterocycles. The van der Waals surface area contributed by atoms with Crippen molar-refractivity contribution in [1.29, 1.82) is 0 Å². The van der Waals surface area contributed by atoms with Crippen molar-refractivity contribution in [2.45, 2.75) is 6.42 Å². The van der Waals surface area contributed by atoms with Crippen molar-refractivity contribution in [3.63, 3.8) is 0 Å². The van der Waals surface area contributed by atoms with Gasteiger partial charge in [-0.25, -0.2) is 0 Å². The first kappa shape index (κ1) is 7.73. The van der Waals surface area contributed by atoms with Crippen molar-refractivity contribution in [3.8, 4) is 0 Å². The SMILES string of the molecule is C=N/C=C\C=C1C=CC=CC1. The topological polar surface area (TPSA) is 12.4 Å². The Labute approximate surface area is 67.2 Å². The quantitative estimate of drug-likeness (QED) is 0.530. The van der Waals surface area contributed by atoms with Gasteiger partial charge in [-0.3, -0.25) is 4.99 Å².